The third-order valence-electron chi connectivity index (χ3n) is 4.09. The minimum atomic E-state index is -4.94. The van der Waals surface area contributed by atoms with Crippen LogP contribution < -0.4 is 18.6 Å². The van der Waals surface area contributed by atoms with Gasteiger partial charge in [0.25, 0.3) is 0 Å². The predicted octanol–water partition coefficient (Wildman–Crippen LogP) is 2.41. The highest BCUT2D eigenvalue weighted by Crippen LogP contribution is 2.32. The van der Waals surface area contributed by atoms with Crippen molar-refractivity contribution in [2.24, 2.45) is 0 Å². The molecule has 0 bridgehead atoms. The first-order chi connectivity index (χ1) is 14.3. The van der Waals surface area contributed by atoms with Crippen molar-refractivity contribution in [2.45, 2.75) is 0 Å². The third kappa shape index (κ3) is 6.88. The lowest BCUT2D eigenvalue weighted by Crippen LogP contribution is -2.68. The smallest absolute Gasteiger partial charge is 0.222 e. The normalized spacial score (nSPS) is 10.8. The summed E-state index contributed by atoms with van der Waals surface area (Å²) in [5.74, 6) is 1.74. The van der Waals surface area contributed by atoms with Crippen LogP contribution in [0.25, 0.3) is 33.8 Å². The molecule has 3 aromatic carbocycles. The molecule has 0 fully saturated rings. The van der Waals surface area contributed by atoms with Gasteiger partial charge in [0.2, 0.25) is 0 Å². The fourth-order valence-electron chi connectivity index (χ4n) is 2.80. The standard InChI is InChI=1S/C23H16IO.ClHO4/c24-21-13-11-17(12-14-21)20-15-22(18-7-3-1-4-8-18)25-23(16-20)19-9-5-2-6-10-19;2-1(3,4)5/h1-16H;(H,2,3,4,5)/q+1;/p-1. The summed E-state index contributed by atoms with van der Waals surface area (Å²) in [5.41, 5.74) is 4.49. The van der Waals surface area contributed by atoms with E-state index in [1.54, 1.807) is 0 Å². The van der Waals surface area contributed by atoms with E-state index in [1.807, 2.05) is 36.4 Å². The Bertz CT molecular complexity index is 1020. The molecule has 0 aliphatic carbocycles. The molecule has 152 valence electrons. The molecule has 1 heterocycles. The summed E-state index contributed by atoms with van der Waals surface area (Å²) < 4.78 is 41.4. The molecular weight excluding hydrogens is 519 g/mol. The second-order valence-corrected chi connectivity index (χ2v) is 8.19. The average Bonchev–Trinajstić information content (AvgIpc) is 2.74. The lowest BCUT2D eigenvalue weighted by atomic mass is 10.0. The molecule has 0 N–H and O–H groups in total. The first kappa shape index (κ1) is 22.4. The van der Waals surface area contributed by atoms with Crippen molar-refractivity contribution in [3.63, 3.8) is 0 Å². The Morgan fingerprint density at radius 1 is 0.533 bits per heavy atom. The fourth-order valence-corrected chi connectivity index (χ4v) is 3.16. The second kappa shape index (κ2) is 10.1. The number of rotatable bonds is 3. The second-order valence-electron chi connectivity index (χ2n) is 6.19. The van der Waals surface area contributed by atoms with Gasteiger partial charge in [-0.2, -0.15) is 0 Å². The Balaban J connectivity index is 0.000000461. The molecule has 5 nitrogen and oxygen atoms in total. The summed E-state index contributed by atoms with van der Waals surface area (Å²) >= 11 is 2.33. The van der Waals surface area contributed by atoms with E-state index in [0.29, 0.717) is 0 Å². The molecule has 0 spiro atoms. The van der Waals surface area contributed by atoms with Crippen LogP contribution in [-0.4, -0.2) is 0 Å². The van der Waals surface area contributed by atoms with E-state index >= 15 is 0 Å². The van der Waals surface area contributed by atoms with Gasteiger partial charge < -0.3 is 0 Å². The molecule has 4 rings (SSSR count). The molecule has 4 aromatic rings. The highest BCUT2D eigenvalue weighted by atomic mass is 127. The van der Waals surface area contributed by atoms with Gasteiger partial charge >= 0.3 is 11.5 Å². The molecule has 0 aliphatic heterocycles. The van der Waals surface area contributed by atoms with Crippen molar-refractivity contribution in [3.05, 3.63) is 101 Å². The molecule has 0 aliphatic rings. The first-order valence-electron chi connectivity index (χ1n) is 8.76. The van der Waals surface area contributed by atoms with Crippen LogP contribution in [0.3, 0.4) is 0 Å². The molecule has 0 atom stereocenters. The van der Waals surface area contributed by atoms with E-state index < -0.39 is 10.2 Å². The van der Waals surface area contributed by atoms with Crippen LogP contribution >= 0.6 is 22.6 Å². The van der Waals surface area contributed by atoms with Crippen LogP contribution in [0.5, 0.6) is 0 Å². The largest absolute Gasteiger partial charge is 0.361 e. The van der Waals surface area contributed by atoms with E-state index in [1.165, 1.54) is 9.13 Å². The maximum Gasteiger partial charge on any atom is 0.361 e. The quantitative estimate of drug-likeness (QED) is 0.297. The van der Waals surface area contributed by atoms with Crippen molar-refractivity contribution < 1.29 is 33.3 Å². The molecule has 0 radical (unpaired) electrons. The zero-order valence-corrected chi connectivity index (χ0v) is 18.4. The van der Waals surface area contributed by atoms with Gasteiger partial charge in [-0.1, -0.05) is 48.5 Å². The van der Waals surface area contributed by atoms with E-state index in [4.69, 9.17) is 23.1 Å². The van der Waals surface area contributed by atoms with Crippen LogP contribution in [0.2, 0.25) is 0 Å². The number of halogens is 2. The predicted molar refractivity (Wildman–Crippen MR) is 112 cm³/mol. The molecule has 30 heavy (non-hydrogen) atoms. The van der Waals surface area contributed by atoms with Gasteiger partial charge in [-0.15, -0.1) is 10.2 Å². The Labute approximate surface area is 189 Å². The van der Waals surface area contributed by atoms with E-state index in [9.17, 15) is 0 Å². The Hall–Kier alpha value is -2.33. The van der Waals surface area contributed by atoms with Gasteiger partial charge in [-0.3, -0.25) is 0 Å². The van der Waals surface area contributed by atoms with E-state index in [2.05, 4.69) is 83.3 Å². The number of hydrogen-bond donors (Lipinski definition) is 0. The summed E-state index contributed by atoms with van der Waals surface area (Å²) in [7, 11) is -4.94. The van der Waals surface area contributed by atoms with Crippen molar-refractivity contribution in [1.82, 2.24) is 0 Å². The monoisotopic (exact) mass is 534 g/mol. The Kier molecular flexibility index (Phi) is 7.54. The maximum atomic E-state index is 8.49. The fraction of sp³-hybridized carbons (Fsp3) is 0. The van der Waals surface area contributed by atoms with Crippen LogP contribution in [0.1, 0.15) is 0 Å². The molecule has 0 saturated heterocycles. The first-order valence-corrected chi connectivity index (χ1v) is 11.1. The minimum absolute atomic E-state index is 0.871. The van der Waals surface area contributed by atoms with Crippen molar-refractivity contribution in [1.29, 1.82) is 0 Å². The van der Waals surface area contributed by atoms with Crippen LogP contribution in [0, 0.1) is 13.8 Å². The zero-order valence-electron chi connectivity index (χ0n) is 15.5. The highest BCUT2D eigenvalue weighted by molar-refractivity contribution is 14.1. The van der Waals surface area contributed by atoms with Gasteiger partial charge in [0.1, 0.15) is 0 Å². The summed E-state index contributed by atoms with van der Waals surface area (Å²) in [6.45, 7) is 0. The van der Waals surface area contributed by atoms with Gasteiger partial charge in [0, 0.05) is 9.13 Å². The summed E-state index contributed by atoms with van der Waals surface area (Å²) in [4.78, 5) is 0. The Morgan fingerprint density at radius 2 is 0.933 bits per heavy atom. The summed E-state index contributed by atoms with van der Waals surface area (Å²) in [5, 5.41) is 0. The highest BCUT2D eigenvalue weighted by Gasteiger charge is 2.20. The number of hydrogen-bond acceptors (Lipinski definition) is 4. The zero-order chi connectivity index (χ0) is 21.6. The molecule has 0 amide bonds. The topological polar surface area (TPSA) is 104 Å². The van der Waals surface area contributed by atoms with Crippen LogP contribution in [0.15, 0.2) is 101 Å². The molecule has 1 aromatic heterocycles. The van der Waals surface area contributed by atoms with Gasteiger partial charge in [0.15, 0.2) is 0 Å². The maximum absolute atomic E-state index is 8.49. The van der Waals surface area contributed by atoms with Crippen LogP contribution in [-0.2, 0) is 0 Å². The molecule has 7 heteroatoms. The molecular formula is C23H16ClIO5. The summed E-state index contributed by atoms with van der Waals surface area (Å²) in [6, 6.07) is 33.3. The third-order valence-corrected chi connectivity index (χ3v) is 4.81. The molecule has 0 unspecified atom stereocenters. The van der Waals surface area contributed by atoms with E-state index in [-0.39, 0.29) is 0 Å². The Morgan fingerprint density at radius 3 is 1.33 bits per heavy atom. The van der Waals surface area contributed by atoms with Gasteiger partial charge in [0.05, 0.1) is 23.3 Å². The number of benzene rings is 3. The summed E-state index contributed by atoms with van der Waals surface area (Å²) in [6.07, 6.45) is 0. The SMILES string of the molecule is Ic1ccc(-c2cc(-c3ccccc3)[o+]c(-c3ccccc3)c2)cc1.[O-][Cl+3]([O-])([O-])[O-]. The van der Waals surface area contributed by atoms with Crippen molar-refractivity contribution >= 4 is 22.6 Å². The molecule has 0 saturated carbocycles. The van der Waals surface area contributed by atoms with Crippen molar-refractivity contribution in [3.8, 4) is 33.8 Å². The van der Waals surface area contributed by atoms with E-state index in [0.717, 1.165) is 28.2 Å². The van der Waals surface area contributed by atoms with Crippen LogP contribution in [0.4, 0.5) is 0 Å². The average molecular weight is 535 g/mol. The lowest BCUT2D eigenvalue weighted by Gasteiger charge is -2.17. The minimum Gasteiger partial charge on any atom is -0.222 e. The lowest BCUT2D eigenvalue weighted by molar-refractivity contribution is -2.00. The van der Waals surface area contributed by atoms with Crippen molar-refractivity contribution in [2.75, 3.05) is 0 Å². The van der Waals surface area contributed by atoms with Gasteiger partial charge in [-0.05, 0) is 64.6 Å². The van der Waals surface area contributed by atoms with Gasteiger partial charge in [-0.25, -0.2) is 23.1 Å².